The minimum absolute atomic E-state index is 0.274. The largest absolute Gasteiger partial charge is 0.353 e. The number of piperazine rings is 1. The number of aromatic nitrogens is 3. The first-order valence-corrected chi connectivity index (χ1v) is 15.8. The van der Waals surface area contributed by atoms with E-state index in [-0.39, 0.29) is 4.90 Å². The number of sulfonamides is 1. The lowest BCUT2D eigenvalue weighted by atomic mass is 9.97. The number of rotatable bonds is 5. The van der Waals surface area contributed by atoms with Crippen molar-refractivity contribution in [1.82, 2.24) is 19.3 Å². The molecule has 0 atom stereocenters. The molecule has 0 bridgehead atoms. The van der Waals surface area contributed by atoms with E-state index in [0.717, 1.165) is 34.7 Å². The van der Waals surface area contributed by atoms with Gasteiger partial charge in [-0.05, 0) is 48.9 Å². The molecule has 39 heavy (non-hydrogen) atoms. The van der Waals surface area contributed by atoms with Crippen LogP contribution in [0.2, 0.25) is 0 Å². The fourth-order valence-electron chi connectivity index (χ4n) is 5.83. The van der Waals surface area contributed by atoms with Crippen LogP contribution in [-0.2, 0) is 29.3 Å². The normalized spacial score (nSPS) is 16.6. The number of thiophene rings is 1. The van der Waals surface area contributed by atoms with Gasteiger partial charge < -0.3 is 4.90 Å². The van der Waals surface area contributed by atoms with Crippen LogP contribution in [0.3, 0.4) is 0 Å². The summed E-state index contributed by atoms with van der Waals surface area (Å²) in [5, 5.41) is 2.01. The second-order valence-corrected chi connectivity index (χ2v) is 13.2. The average molecular weight is 556 g/mol. The summed E-state index contributed by atoms with van der Waals surface area (Å²) in [5.74, 6) is 1.79. The molecule has 1 fully saturated rings. The number of para-hydroxylation sites is 1. The van der Waals surface area contributed by atoms with Crippen LogP contribution in [-0.4, -0.2) is 53.9 Å². The summed E-state index contributed by atoms with van der Waals surface area (Å²) in [4.78, 5) is 19.6. The molecule has 0 radical (unpaired) electrons. The monoisotopic (exact) mass is 555 g/mol. The van der Waals surface area contributed by atoms with Crippen LogP contribution in [0.25, 0.3) is 21.1 Å². The van der Waals surface area contributed by atoms with Crippen molar-refractivity contribution in [2.45, 2.75) is 37.0 Å². The zero-order valence-electron chi connectivity index (χ0n) is 21.6. The van der Waals surface area contributed by atoms with Gasteiger partial charge in [-0.1, -0.05) is 48.5 Å². The second kappa shape index (κ2) is 9.97. The van der Waals surface area contributed by atoms with Crippen LogP contribution < -0.4 is 4.90 Å². The van der Waals surface area contributed by atoms with Crippen LogP contribution in [0, 0.1) is 0 Å². The van der Waals surface area contributed by atoms with E-state index in [4.69, 9.17) is 9.97 Å². The van der Waals surface area contributed by atoms with Crippen molar-refractivity contribution in [3.63, 3.8) is 0 Å². The van der Waals surface area contributed by atoms with E-state index >= 15 is 0 Å². The van der Waals surface area contributed by atoms with E-state index in [1.807, 2.05) is 47.7 Å². The fraction of sp³-hybridized carbons (Fsp3) is 0.300. The van der Waals surface area contributed by atoms with Gasteiger partial charge in [0, 0.05) is 49.1 Å². The number of hydrogen-bond acceptors (Lipinski definition) is 7. The van der Waals surface area contributed by atoms with E-state index in [1.54, 1.807) is 22.6 Å². The lowest BCUT2D eigenvalue weighted by Gasteiger charge is -2.35. The summed E-state index contributed by atoms with van der Waals surface area (Å²) in [6.45, 7) is 1.96. The molecule has 0 N–H and O–H groups in total. The summed E-state index contributed by atoms with van der Waals surface area (Å²) in [6, 6.07) is 19.4. The van der Waals surface area contributed by atoms with Gasteiger partial charge in [-0.25, -0.2) is 18.4 Å². The van der Waals surface area contributed by atoms with E-state index in [1.165, 1.54) is 34.2 Å². The number of anilines is 1. The topological polar surface area (TPSA) is 79.3 Å². The molecular formula is C30H29N5O2S2. The van der Waals surface area contributed by atoms with Crippen LogP contribution in [0.5, 0.6) is 0 Å². The first kappa shape index (κ1) is 24.6. The van der Waals surface area contributed by atoms with Gasteiger partial charge in [0.25, 0.3) is 0 Å². The predicted molar refractivity (Wildman–Crippen MR) is 156 cm³/mol. The molecule has 7 nitrogen and oxygen atoms in total. The third-order valence-electron chi connectivity index (χ3n) is 7.80. The minimum Gasteiger partial charge on any atom is -0.353 e. The molecule has 1 aliphatic carbocycles. The summed E-state index contributed by atoms with van der Waals surface area (Å²) in [5.41, 5.74) is 3.11. The van der Waals surface area contributed by atoms with Crippen LogP contribution in [0.15, 0.2) is 71.8 Å². The van der Waals surface area contributed by atoms with E-state index < -0.39 is 10.0 Å². The van der Waals surface area contributed by atoms with E-state index in [9.17, 15) is 8.42 Å². The molecule has 9 heteroatoms. The average Bonchev–Trinajstić information content (AvgIpc) is 3.35. The highest BCUT2D eigenvalue weighted by molar-refractivity contribution is 7.89. The van der Waals surface area contributed by atoms with Crippen LogP contribution in [0.4, 0.5) is 5.82 Å². The summed E-state index contributed by atoms with van der Waals surface area (Å²) < 4.78 is 29.0. The van der Waals surface area contributed by atoms with Gasteiger partial charge in [-0.2, -0.15) is 4.31 Å². The molecule has 5 aromatic rings. The van der Waals surface area contributed by atoms with Gasteiger partial charge in [0.15, 0.2) is 0 Å². The third kappa shape index (κ3) is 4.48. The summed E-state index contributed by atoms with van der Waals surface area (Å²) in [6.07, 6.45) is 6.90. The number of nitrogens with zero attached hydrogens (tertiary/aromatic N) is 5. The Morgan fingerprint density at radius 3 is 2.49 bits per heavy atom. The Kier molecular flexibility index (Phi) is 6.29. The molecule has 0 spiro atoms. The maximum atomic E-state index is 13.7. The highest BCUT2D eigenvalue weighted by Crippen LogP contribution is 2.40. The highest BCUT2D eigenvalue weighted by atomic mass is 32.2. The van der Waals surface area contributed by atoms with Crippen molar-refractivity contribution in [3.05, 3.63) is 88.7 Å². The Morgan fingerprint density at radius 2 is 1.64 bits per heavy atom. The molecule has 2 aliphatic rings. The quantitative estimate of drug-likeness (QED) is 0.296. The first-order chi connectivity index (χ1) is 19.1. The predicted octanol–water partition coefficient (Wildman–Crippen LogP) is 5.22. The van der Waals surface area contributed by atoms with Gasteiger partial charge in [0.2, 0.25) is 10.0 Å². The molecule has 0 unspecified atom stereocenters. The third-order valence-corrected chi connectivity index (χ3v) is 10.9. The number of benzene rings is 2. The Bertz CT molecular complexity index is 1770. The lowest BCUT2D eigenvalue weighted by Crippen LogP contribution is -2.49. The Hall–Kier alpha value is -3.40. The van der Waals surface area contributed by atoms with Crippen LogP contribution in [0.1, 0.15) is 34.7 Å². The van der Waals surface area contributed by atoms with Gasteiger partial charge >= 0.3 is 0 Å². The maximum absolute atomic E-state index is 13.7. The van der Waals surface area contributed by atoms with Crippen molar-refractivity contribution in [1.29, 1.82) is 0 Å². The maximum Gasteiger partial charge on any atom is 0.245 e. The highest BCUT2D eigenvalue weighted by Gasteiger charge is 2.32. The zero-order valence-corrected chi connectivity index (χ0v) is 23.2. The molecule has 4 heterocycles. The minimum atomic E-state index is -3.68. The molecule has 3 aromatic heterocycles. The molecule has 0 saturated carbocycles. The number of fused-ring (bicyclic) bond motifs is 4. The number of aryl methyl sites for hydroxylation is 2. The van der Waals surface area contributed by atoms with Crippen molar-refractivity contribution < 1.29 is 8.42 Å². The van der Waals surface area contributed by atoms with Gasteiger partial charge in [0.05, 0.1) is 10.9 Å². The van der Waals surface area contributed by atoms with E-state index in [2.05, 4.69) is 22.0 Å². The molecule has 198 valence electrons. The number of pyridine rings is 1. The Labute approximate surface area is 232 Å². The van der Waals surface area contributed by atoms with Crippen LogP contribution >= 0.6 is 11.3 Å². The zero-order chi connectivity index (χ0) is 26.4. The molecular weight excluding hydrogens is 526 g/mol. The van der Waals surface area contributed by atoms with Crippen molar-refractivity contribution in [2.24, 2.45) is 0 Å². The summed E-state index contributed by atoms with van der Waals surface area (Å²) >= 11 is 1.81. The molecule has 1 aliphatic heterocycles. The fourth-order valence-corrected chi connectivity index (χ4v) is 8.69. The molecule has 1 saturated heterocycles. The molecule has 0 amide bonds. The summed E-state index contributed by atoms with van der Waals surface area (Å²) in [7, 11) is -3.68. The van der Waals surface area contributed by atoms with Crippen molar-refractivity contribution >= 4 is 48.3 Å². The number of hydrogen-bond donors (Lipinski definition) is 0. The lowest BCUT2D eigenvalue weighted by molar-refractivity contribution is 0.384. The van der Waals surface area contributed by atoms with Crippen molar-refractivity contribution in [2.75, 3.05) is 31.1 Å². The Balaban J connectivity index is 1.22. The van der Waals surface area contributed by atoms with E-state index in [0.29, 0.717) is 38.1 Å². The Morgan fingerprint density at radius 1 is 0.846 bits per heavy atom. The SMILES string of the molecule is O=S(=O)(c1cccc2cccnc12)N1CCN(c2nc(Cc3ccccc3)nc3sc4c(c23)CCCC4)CC1. The molecule has 7 rings (SSSR count). The first-order valence-electron chi connectivity index (χ1n) is 13.5. The second-order valence-electron chi connectivity index (χ2n) is 10.2. The van der Waals surface area contributed by atoms with Crippen molar-refractivity contribution in [3.8, 4) is 0 Å². The molecule has 2 aromatic carbocycles. The smallest absolute Gasteiger partial charge is 0.245 e. The van der Waals surface area contributed by atoms with Gasteiger partial charge in [-0.3, -0.25) is 4.98 Å². The van der Waals surface area contributed by atoms with Gasteiger partial charge in [0.1, 0.15) is 21.4 Å². The van der Waals surface area contributed by atoms with Gasteiger partial charge in [-0.15, -0.1) is 11.3 Å². The standard InChI is InChI=1S/C30H29N5O2S2/c36-39(37,25-14-6-10-22-11-7-15-31-28(22)25)35-18-16-34(17-19-35)29-27-23-12-4-5-13-24(23)38-30(27)33-26(32-29)20-21-8-2-1-3-9-21/h1-3,6-11,14-15H,4-5,12-13,16-20H2.